The van der Waals surface area contributed by atoms with Crippen LogP contribution in [0.1, 0.15) is 6.92 Å². The van der Waals surface area contributed by atoms with Gasteiger partial charge in [-0.2, -0.15) is 0 Å². The molecule has 0 atom stereocenters. The van der Waals surface area contributed by atoms with Crippen molar-refractivity contribution >= 4 is 15.7 Å². The van der Waals surface area contributed by atoms with Gasteiger partial charge in [-0.3, -0.25) is 0 Å². The minimum Gasteiger partial charge on any atom is -0.0987 e. The Morgan fingerprint density at radius 3 is 1.50 bits per heavy atom. The van der Waals surface area contributed by atoms with E-state index in [2.05, 4.69) is 22.6 Å². The van der Waals surface area contributed by atoms with Crippen LogP contribution in [-0.2, 0) is 0 Å². The van der Waals surface area contributed by atoms with Crippen molar-refractivity contribution in [3.8, 4) is 0 Å². The third-order valence-corrected chi connectivity index (χ3v) is 0. The molecule has 0 fully saturated rings. The van der Waals surface area contributed by atoms with Crippen LogP contribution >= 0.6 is 0 Å². The minimum absolute atomic E-state index is 0.833. The smallest absolute Gasteiger partial charge is 0.0954 e. The molecule has 4 heavy (non-hydrogen) atoms. The molecule has 0 aromatic heterocycles. The molecule has 0 aromatic carbocycles. The predicted molar refractivity (Wildman–Crippen MR) is 26.5 cm³/mol. The molecule has 0 N–H and O–H groups in total. The summed E-state index contributed by atoms with van der Waals surface area (Å²) in [6, 6.07) is 0. The van der Waals surface area contributed by atoms with Gasteiger partial charge in [0, 0.05) is 0 Å². The zero-order valence-corrected chi connectivity index (χ0v) is 3.58. The Balaban J connectivity index is 2.32. The summed E-state index contributed by atoms with van der Waals surface area (Å²) in [6.07, 6.45) is 0. The van der Waals surface area contributed by atoms with Gasteiger partial charge in [-0.05, 0) is 0 Å². The predicted octanol–water partition coefficient (Wildman–Crippen LogP) is -0.982. The average molecular weight is 53.7 g/mol. The first-order chi connectivity index (χ1) is 1.73. The highest BCUT2D eigenvalue weighted by atomic mass is 13.5. The van der Waals surface area contributed by atoms with Crippen LogP contribution in [-0.4, -0.2) is 15.7 Å². The van der Waals surface area contributed by atoms with Gasteiger partial charge in [-0.15, -0.1) is 0 Å². The Kier molecular flexibility index (Phi) is 1.50. The van der Waals surface area contributed by atoms with Crippen molar-refractivity contribution in [2.45, 2.75) is 12.6 Å². The topological polar surface area (TPSA) is 0 Å². The van der Waals surface area contributed by atoms with Crippen LogP contribution in [0.2, 0.25) is 5.72 Å². The fraction of sp³-hybridized carbons (Fsp3) is 1.00. The molecule has 0 saturated carbocycles. The average Bonchev–Trinajstić information content (AvgIpc) is 0.811. The molecular weight excluding hydrogens is 45.6 g/mol. The summed E-state index contributed by atoms with van der Waals surface area (Å²) in [5.41, 5.74) is 0.833. The zero-order valence-electron chi connectivity index (χ0n) is 3.58. The van der Waals surface area contributed by atoms with E-state index in [9.17, 15) is 0 Å². The number of rotatable bonds is 0. The lowest BCUT2D eigenvalue weighted by atomic mass is 9.73. The van der Waals surface area contributed by atoms with Crippen LogP contribution in [0.15, 0.2) is 0 Å². The summed E-state index contributed by atoms with van der Waals surface area (Å²) < 4.78 is 0. The van der Waals surface area contributed by atoms with Crippen molar-refractivity contribution in [1.29, 1.82) is 0 Å². The molecule has 0 spiro atoms. The first-order valence-electron chi connectivity index (χ1n) is 1.73. The minimum atomic E-state index is 0.833. The van der Waals surface area contributed by atoms with Gasteiger partial charge in [0.1, 0.15) is 0 Å². The van der Waals surface area contributed by atoms with Crippen molar-refractivity contribution in [2.75, 3.05) is 0 Å². The van der Waals surface area contributed by atoms with Gasteiger partial charge in [0.2, 0.25) is 0 Å². The molecule has 0 nitrogen and oxygen atoms in total. The highest BCUT2D eigenvalue weighted by molar-refractivity contribution is 6.34. The molecule has 0 rings (SSSR count). The van der Waals surface area contributed by atoms with Gasteiger partial charge in [0.15, 0.2) is 0 Å². The van der Waals surface area contributed by atoms with Crippen molar-refractivity contribution in [3.63, 3.8) is 0 Å². The lowest BCUT2D eigenvalue weighted by molar-refractivity contribution is 1.36. The van der Waals surface area contributed by atoms with E-state index in [1.165, 1.54) is 0 Å². The fourth-order valence-corrected chi connectivity index (χ4v) is 0. The first-order valence-corrected chi connectivity index (χ1v) is 1.73. The first kappa shape index (κ1) is 4.13. The largest absolute Gasteiger partial charge is 0.0987 e. The van der Waals surface area contributed by atoms with E-state index in [4.69, 9.17) is 0 Å². The molecule has 0 radical (unpaired) electrons. The summed E-state index contributed by atoms with van der Waals surface area (Å²) in [5, 5.41) is 0. The van der Waals surface area contributed by atoms with Crippen LogP contribution in [0.3, 0.4) is 0 Å². The lowest BCUT2D eigenvalue weighted by Gasteiger charge is -1.76. The quantitative estimate of drug-likeness (QED) is 0.311. The molecule has 0 bridgehead atoms. The van der Waals surface area contributed by atoms with E-state index in [0.29, 0.717) is 0 Å². The van der Waals surface area contributed by atoms with E-state index in [0.717, 1.165) is 5.72 Å². The SMILES string of the molecule is BC(B)C. The normalized spacial score (nSPS) is 8.50. The third kappa shape index (κ3) is 161. The van der Waals surface area contributed by atoms with E-state index in [1.807, 2.05) is 0 Å². The van der Waals surface area contributed by atoms with Gasteiger partial charge in [0.25, 0.3) is 0 Å². The van der Waals surface area contributed by atoms with Crippen LogP contribution in [0.25, 0.3) is 0 Å². The molecule has 0 heterocycles. The van der Waals surface area contributed by atoms with Gasteiger partial charge in [-0.25, -0.2) is 0 Å². The lowest BCUT2D eigenvalue weighted by Crippen LogP contribution is -1.76. The van der Waals surface area contributed by atoms with Crippen molar-refractivity contribution in [1.82, 2.24) is 0 Å². The Morgan fingerprint density at radius 2 is 1.50 bits per heavy atom. The van der Waals surface area contributed by atoms with Gasteiger partial charge < -0.3 is 0 Å². The summed E-state index contributed by atoms with van der Waals surface area (Å²) in [7, 11) is 4.33. The molecule has 0 saturated heterocycles. The van der Waals surface area contributed by atoms with Gasteiger partial charge >= 0.3 is 0 Å². The molecule has 22 valence electrons. The molecule has 0 amide bonds. The highest BCUT2D eigenvalue weighted by Crippen LogP contribution is 1.77. The van der Waals surface area contributed by atoms with E-state index in [-0.39, 0.29) is 0 Å². The molecule has 0 aliphatic heterocycles. The maximum absolute atomic E-state index is 2.17. The van der Waals surface area contributed by atoms with Crippen LogP contribution < -0.4 is 0 Å². The Hall–Kier alpha value is 0.130. The number of hydrogen-bond donors (Lipinski definition) is 0. The van der Waals surface area contributed by atoms with E-state index < -0.39 is 0 Å². The van der Waals surface area contributed by atoms with Crippen molar-refractivity contribution in [3.05, 3.63) is 0 Å². The van der Waals surface area contributed by atoms with E-state index in [1.54, 1.807) is 0 Å². The molecule has 0 aliphatic carbocycles. The Bertz CT molecular complexity index is 8.75. The Labute approximate surface area is 29.4 Å². The highest BCUT2D eigenvalue weighted by Gasteiger charge is 1.71. The molecule has 0 aromatic rings. The summed E-state index contributed by atoms with van der Waals surface area (Å²) in [5.74, 6) is 0. The van der Waals surface area contributed by atoms with Gasteiger partial charge in [0.05, 0.1) is 15.7 Å². The molecule has 0 unspecified atom stereocenters. The Morgan fingerprint density at radius 1 is 1.50 bits per heavy atom. The monoisotopic (exact) mass is 54.1 g/mol. The second-order valence-corrected chi connectivity index (χ2v) is 1.73. The molecule has 0 aliphatic rings. The van der Waals surface area contributed by atoms with Crippen LogP contribution in [0, 0.1) is 0 Å². The van der Waals surface area contributed by atoms with Crippen LogP contribution in [0.4, 0.5) is 0 Å². The summed E-state index contributed by atoms with van der Waals surface area (Å²) >= 11 is 0. The molecule has 2 heteroatoms. The standard InChI is InChI=1S/C2H8B2/c1-2(3)4/h2H,3-4H2,1H3. The van der Waals surface area contributed by atoms with Crippen molar-refractivity contribution < 1.29 is 0 Å². The zero-order chi connectivity index (χ0) is 3.58. The third-order valence-electron chi connectivity index (χ3n) is 0. The second kappa shape index (κ2) is 1.45. The maximum Gasteiger partial charge on any atom is 0.0954 e. The summed E-state index contributed by atoms with van der Waals surface area (Å²) in [6.45, 7) is 2.17. The van der Waals surface area contributed by atoms with E-state index >= 15 is 0 Å². The van der Waals surface area contributed by atoms with Gasteiger partial charge in [-0.1, -0.05) is 12.6 Å². The molecular formula is C2H8B2. The maximum atomic E-state index is 2.17. The summed E-state index contributed by atoms with van der Waals surface area (Å²) in [4.78, 5) is 0. The fourth-order valence-electron chi connectivity index (χ4n) is 0. The van der Waals surface area contributed by atoms with Crippen LogP contribution in [0.5, 0.6) is 0 Å². The number of hydrogen-bond acceptors (Lipinski definition) is 0. The van der Waals surface area contributed by atoms with Crippen molar-refractivity contribution in [2.24, 2.45) is 0 Å². The second-order valence-electron chi connectivity index (χ2n) is 1.73.